The van der Waals surface area contributed by atoms with Crippen molar-refractivity contribution < 1.29 is 14.7 Å². The highest BCUT2D eigenvalue weighted by molar-refractivity contribution is 7.16. The number of carbonyl (C=O) groups is 2. The highest BCUT2D eigenvalue weighted by atomic mass is 32.1. The van der Waals surface area contributed by atoms with Gasteiger partial charge >= 0.3 is 0 Å². The Hall–Kier alpha value is -4.19. The number of nitrogens with zero attached hydrogens (tertiary/aromatic N) is 5. The zero-order chi connectivity index (χ0) is 32.5. The van der Waals surface area contributed by atoms with E-state index >= 15 is 0 Å². The van der Waals surface area contributed by atoms with Crippen molar-refractivity contribution in [1.29, 1.82) is 0 Å². The zero-order valence-corrected chi connectivity index (χ0v) is 27.9. The van der Waals surface area contributed by atoms with Gasteiger partial charge in [-0.3, -0.25) is 19.0 Å². The first-order valence-corrected chi connectivity index (χ1v) is 17.8. The summed E-state index contributed by atoms with van der Waals surface area (Å²) in [5.41, 5.74) is 1.68. The first-order chi connectivity index (χ1) is 22.8. The summed E-state index contributed by atoms with van der Waals surface area (Å²) in [6.07, 6.45) is 3.49. The highest BCUT2D eigenvalue weighted by Gasteiger charge is 2.42. The van der Waals surface area contributed by atoms with Crippen LogP contribution in [-0.2, 0) is 17.8 Å². The van der Waals surface area contributed by atoms with Crippen molar-refractivity contribution in [2.24, 2.45) is 5.92 Å². The Morgan fingerprint density at radius 2 is 1.70 bits per heavy atom. The number of likely N-dealkylation sites (tertiary alicyclic amines) is 2. The van der Waals surface area contributed by atoms with Crippen LogP contribution in [0.1, 0.15) is 56.7 Å². The molecule has 0 aliphatic carbocycles. The molecule has 0 radical (unpaired) electrons. The molecular formula is C36H37N5O4S2. The maximum Gasteiger partial charge on any atom is 0.265 e. The van der Waals surface area contributed by atoms with Crippen LogP contribution in [0.5, 0.6) is 0 Å². The number of aryl methyl sites for hydroxylation is 1. The van der Waals surface area contributed by atoms with Crippen molar-refractivity contribution in [2.45, 2.75) is 50.7 Å². The van der Waals surface area contributed by atoms with Crippen LogP contribution in [0.15, 0.2) is 83.2 Å². The lowest BCUT2D eigenvalue weighted by molar-refractivity contribution is -0.142. The summed E-state index contributed by atoms with van der Waals surface area (Å²) in [5.74, 6) is -0.400. The lowest BCUT2D eigenvalue weighted by Gasteiger charge is -2.43. The molecule has 7 rings (SSSR count). The van der Waals surface area contributed by atoms with Gasteiger partial charge in [0.2, 0.25) is 5.91 Å². The standard InChI is InChI=1S/C36H37N5O4S2/c1-24-31(47-30(38-24)20-25-8-4-2-5-9-25)35(44)40-16-12-27(29(21-40)26-10-6-3-7-11-26)33(42)39-17-14-36(45,15-18-39)22-41-23-37-32-28(34(41)43)13-19-46-32/h2-11,13,19,23,27,29,45H,12,14-18,20-22H2,1H3/t27-,29+/m1/s1. The third kappa shape index (κ3) is 6.52. The van der Waals surface area contributed by atoms with Gasteiger partial charge in [-0.2, -0.15) is 0 Å². The lowest BCUT2D eigenvalue weighted by atomic mass is 9.79. The molecule has 5 aromatic rings. The van der Waals surface area contributed by atoms with E-state index in [4.69, 9.17) is 4.98 Å². The molecule has 2 atom stereocenters. The molecule has 2 aliphatic rings. The van der Waals surface area contributed by atoms with Crippen LogP contribution in [0.25, 0.3) is 10.2 Å². The number of thiazole rings is 1. The minimum atomic E-state index is -1.10. The average Bonchev–Trinajstić information content (AvgIpc) is 3.73. The molecule has 2 saturated heterocycles. The SMILES string of the molecule is Cc1nc(Cc2ccccc2)sc1C(=O)N1CC[C@@H](C(=O)N2CCC(O)(Cn3cnc4sccc4c3=O)CC2)[C@H](c2ccccc2)C1. The number of aliphatic hydroxyl groups is 1. The van der Waals surface area contributed by atoms with Crippen LogP contribution >= 0.6 is 22.7 Å². The number of hydrogen-bond donors (Lipinski definition) is 1. The normalized spacial score (nSPS) is 19.6. The minimum Gasteiger partial charge on any atom is -0.388 e. The molecule has 242 valence electrons. The summed E-state index contributed by atoms with van der Waals surface area (Å²) < 4.78 is 1.49. The van der Waals surface area contributed by atoms with Crippen LogP contribution in [0.4, 0.5) is 0 Å². The second kappa shape index (κ2) is 13.1. The van der Waals surface area contributed by atoms with E-state index < -0.39 is 5.60 Å². The van der Waals surface area contributed by atoms with E-state index in [2.05, 4.69) is 17.1 Å². The number of thiophene rings is 1. The molecule has 0 spiro atoms. The topological polar surface area (TPSA) is 109 Å². The average molecular weight is 668 g/mol. The van der Waals surface area contributed by atoms with Gasteiger partial charge in [-0.25, -0.2) is 9.97 Å². The van der Waals surface area contributed by atoms with E-state index in [0.717, 1.165) is 21.8 Å². The van der Waals surface area contributed by atoms with Gasteiger partial charge in [0.15, 0.2) is 0 Å². The Kier molecular flexibility index (Phi) is 8.78. The number of amides is 2. The van der Waals surface area contributed by atoms with Crippen molar-refractivity contribution in [3.05, 3.63) is 115 Å². The summed E-state index contributed by atoms with van der Waals surface area (Å²) in [7, 11) is 0. The predicted molar refractivity (Wildman–Crippen MR) is 184 cm³/mol. The molecular weight excluding hydrogens is 631 g/mol. The summed E-state index contributed by atoms with van der Waals surface area (Å²) in [4.78, 5) is 55.2. The van der Waals surface area contributed by atoms with E-state index in [0.29, 0.717) is 67.0 Å². The fraction of sp³-hybridized carbons (Fsp3) is 0.361. The number of aromatic nitrogens is 3. The molecule has 5 heterocycles. The van der Waals surface area contributed by atoms with Gasteiger partial charge in [0.1, 0.15) is 9.71 Å². The number of rotatable bonds is 7. The second-order valence-corrected chi connectivity index (χ2v) is 14.7. The molecule has 2 fully saturated rings. The first kappa shape index (κ1) is 31.4. The zero-order valence-electron chi connectivity index (χ0n) is 26.2. The van der Waals surface area contributed by atoms with Gasteiger partial charge in [0.25, 0.3) is 11.5 Å². The van der Waals surface area contributed by atoms with Gasteiger partial charge in [0.05, 0.1) is 34.6 Å². The molecule has 1 N–H and O–H groups in total. The molecule has 3 aromatic heterocycles. The number of hydrogen-bond acceptors (Lipinski definition) is 8. The van der Waals surface area contributed by atoms with Crippen LogP contribution in [-0.4, -0.2) is 73.0 Å². The van der Waals surface area contributed by atoms with E-state index in [-0.39, 0.29) is 35.8 Å². The smallest absolute Gasteiger partial charge is 0.265 e. The third-order valence-electron chi connectivity index (χ3n) is 9.60. The molecule has 2 aliphatic heterocycles. The number of fused-ring (bicyclic) bond motifs is 1. The molecule has 2 amide bonds. The minimum absolute atomic E-state index is 0.0282. The Labute approximate surface area is 281 Å². The van der Waals surface area contributed by atoms with Crippen molar-refractivity contribution >= 4 is 44.7 Å². The Balaban J connectivity index is 1.04. The van der Waals surface area contributed by atoms with Crippen molar-refractivity contribution in [1.82, 2.24) is 24.3 Å². The second-order valence-electron chi connectivity index (χ2n) is 12.7. The molecule has 0 bridgehead atoms. The highest BCUT2D eigenvalue weighted by Crippen LogP contribution is 2.37. The number of benzene rings is 2. The van der Waals surface area contributed by atoms with Gasteiger partial charge < -0.3 is 14.9 Å². The lowest BCUT2D eigenvalue weighted by Crippen LogP contribution is -2.53. The maximum absolute atomic E-state index is 14.1. The number of carbonyl (C=O) groups excluding carboxylic acids is 2. The Bertz CT molecular complexity index is 1950. The van der Waals surface area contributed by atoms with Gasteiger partial charge in [-0.1, -0.05) is 60.7 Å². The van der Waals surface area contributed by atoms with E-state index in [1.807, 2.05) is 70.6 Å². The summed E-state index contributed by atoms with van der Waals surface area (Å²) in [6, 6.07) is 21.9. The number of piperidine rings is 2. The molecule has 47 heavy (non-hydrogen) atoms. The van der Waals surface area contributed by atoms with E-state index in [9.17, 15) is 19.5 Å². The summed E-state index contributed by atoms with van der Waals surface area (Å²) in [5, 5.41) is 14.8. The van der Waals surface area contributed by atoms with Crippen LogP contribution in [0, 0.1) is 12.8 Å². The molecule has 2 aromatic carbocycles. The van der Waals surface area contributed by atoms with Crippen molar-refractivity contribution in [3.63, 3.8) is 0 Å². The quantitative estimate of drug-likeness (QED) is 0.259. The summed E-state index contributed by atoms with van der Waals surface area (Å²) >= 11 is 2.88. The monoisotopic (exact) mass is 667 g/mol. The van der Waals surface area contributed by atoms with Crippen LogP contribution in [0.2, 0.25) is 0 Å². The van der Waals surface area contributed by atoms with E-state index in [1.54, 1.807) is 6.07 Å². The van der Waals surface area contributed by atoms with Crippen LogP contribution in [0.3, 0.4) is 0 Å². The largest absolute Gasteiger partial charge is 0.388 e. The van der Waals surface area contributed by atoms with Crippen molar-refractivity contribution in [3.8, 4) is 0 Å². The molecule has 11 heteroatoms. The molecule has 0 saturated carbocycles. The maximum atomic E-state index is 14.1. The summed E-state index contributed by atoms with van der Waals surface area (Å²) in [6.45, 7) is 3.79. The molecule has 0 unspecified atom stereocenters. The van der Waals surface area contributed by atoms with Gasteiger partial charge in [-0.05, 0) is 48.8 Å². The molecule has 9 nitrogen and oxygen atoms in total. The van der Waals surface area contributed by atoms with Crippen molar-refractivity contribution in [2.75, 3.05) is 26.2 Å². The third-order valence-corrected chi connectivity index (χ3v) is 11.6. The fourth-order valence-electron chi connectivity index (χ4n) is 6.97. The van der Waals surface area contributed by atoms with E-state index in [1.165, 1.54) is 33.6 Å². The van der Waals surface area contributed by atoms with Crippen LogP contribution < -0.4 is 5.56 Å². The van der Waals surface area contributed by atoms with Gasteiger partial charge in [0, 0.05) is 44.4 Å². The first-order valence-electron chi connectivity index (χ1n) is 16.1. The fourth-order valence-corrected chi connectivity index (χ4v) is 8.76. The van der Waals surface area contributed by atoms with Gasteiger partial charge in [-0.15, -0.1) is 22.7 Å². The predicted octanol–water partition coefficient (Wildman–Crippen LogP) is 5.11. The Morgan fingerprint density at radius 3 is 2.45 bits per heavy atom. The Morgan fingerprint density at radius 1 is 0.979 bits per heavy atom.